The van der Waals surface area contributed by atoms with Crippen LogP contribution in [0.5, 0.6) is 0 Å². The molecule has 43 heavy (non-hydrogen) atoms. The minimum absolute atomic E-state index is 0.193. The predicted molar refractivity (Wildman–Crippen MR) is 168 cm³/mol. The molecular weight excluding hydrogens is 542 g/mol. The van der Waals surface area contributed by atoms with Gasteiger partial charge < -0.3 is 29.8 Å². The monoisotopic (exact) mass is 583 g/mol. The van der Waals surface area contributed by atoms with Gasteiger partial charge in [0.2, 0.25) is 5.91 Å². The molecule has 1 saturated carbocycles. The average Bonchev–Trinajstić information content (AvgIpc) is 3.58. The lowest BCUT2D eigenvalue weighted by Crippen LogP contribution is -2.47. The summed E-state index contributed by atoms with van der Waals surface area (Å²) in [7, 11) is 0. The summed E-state index contributed by atoms with van der Waals surface area (Å²) in [5, 5.41) is 6.03. The number of rotatable bonds is 10. The summed E-state index contributed by atoms with van der Waals surface area (Å²) in [6.07, 6.45) is 4.42. The Morgan fingerprint density at radius 1 is 0.907 bits per heavy atom. The van der Waals surface area contributed by atoms with Gasteiger partial charge in [-0.1, -0.05) is 18.2 Å². The molecule has 6 rings (SSSR count). The van der Waals surface area contributed by atoms with E-state index in [2.05, 4.69) is 52.5 Å². The Morgan fingerprint density at radius 2 is 1.65 bits per heavy atom. The molecule has 9 nitrogen and oxygen atoms in total. The number of hydrogen-bond donors (Lipinski definition) is 2. The molecule has 1 aliphatic carbocycles. The summed E-state index contributed by atoms with van der Waals surface area (Å²) in [6.45, 7) is 9.50. The zero-order chi connectivity index (χ0) is 29.9. The fourth-order valence-electron chi connectivity index (χ4n) is 6.29. The van der Waals surface area contributed by atoms with Crippen LogP contribution < -0.4 is 20.4 Å². The van der Waals surface area contributed by atoms with Gasteiger partial charge in [-0.2, -0.15) is 0 Å². The summed E-state index contributed by atoms with van der Waals surface area (Å²) in [5.41, 5.74) is 5.78. The van der Waals surface area contributed by atoms with Crippen LogP contribution in [0.25, 0.3) is 0 Å². The molecule has 3 aromatic rings. The Morgan fingerprint density at radius 3 is 2.35 bits per heavy atom. The lowest BCUT2D eigenvalue weighted by atomic mass is 10.1. The van der Waals surface area contributed by atoms with Crippen LogP contribution in [0.1, 0.15) is 75.8 Å². The molecular formula is C34H41N5O4. The predicted octanol–water partition coefficient (Wildman–Crippen LogP) is 5.10. The number of nitrogens with zero attached hydrogens (tertiary/aromatic N) is 3. The highest BCUT2D eigenvalue weighted by atomic mass is 16.4. The first-order valence-corrected chi connectivity index (χ1v) is 15.5. The van der Waals surface area contributed by atoms with Crippen molar-refractivity contribution in [1.29, 1.82) is 0 Å². The van der Waals surface area contributed by atoms with Gasteiger partial charge in [0.25, 0.3) is 11.8 Å². The number of benzene rings is 2. The fourth-order valence-corrected chi connectivity index (χ4v) is 6.29. The lowest BCUT2D eigenvalue weighted by Gasteiger charge is -2.39. The van der Waals surface area contributed by atoms with Crippen molar-refractivity contribution in [3.05, 3.63) is 76.7 Å². The first-order valence-electron chi connectivity index (χ1n) is 15.5. The normalized spacial score (nSPS) is 17.0. The van der Waals surface area contributed by atoms with Crippen molar-refractivity contribution in [3.8, 4) is 0 Å². The molecule has 0 unspecified atom stereocenters. The van der Waals surface area contributed by atoms with Gasteiger partial charge >= 0.3 is 0 Å². The van der Waals surface area contributed by atoms with Gasteiger partial charge in [0.15, 0.2) is 5.76 Å². The number of anilines is 3. The van der Waals surface area contributed by atoms with Gasteiger partial charge in [-0.3, -0.25) is 14.4 Å². The molecule has 0 spiro atoms. The van der Waals surface area contributed by atoms with E-state index in [4.69, 9.17) is 4.42 Å². The molecule has 2 aromatic carbocycles. The second-order valence-corrected chi connectivity index (χ2v) is 12.0. The Kier molecular flexibility index (Phi) is 8.40. The second-order valence-electron chi connectivity index (χ2n) is 12.0. The molecule has 3 aliphatic rings. The molecule has 226 valence electrons. The molecule has 2 saturated heterocycles. The summed E-state index contributed by atoms with van der Waals surface area (Å²) in [5.74, 6) is 1.22. The molecule has 3 heterocycles. The van der Waals surface area contributed by atoms with Crippen LogP contribution in [0, 0.1) is 13.8 Å². The van der Waals surface area contributed by atoms with E-state index in [1.54, 1.807) is 12.1 Å². The number of hydrogen-bond acceptors (Lipinski definition) is 6. The zero-order valence-corrected chi connectivity index (χ0v) is 25.2. The standard InChI is InChI=1S/C34H41N5O4/c1-23-6-3-7-24(2)32(23)39-20-18-37(19-21-39)28-12-11-26(33(41)35-15-5-17-38-16-4-8-31(38)40)22-27(28)36-34(42)30-14-13-29(43-30)25-9-10-25/h3,6-7,11-14,22,25H,4-5,8-10,15-21H2,1-2H3,(H,35,41)(H,36,42). The molecule has 0 atom stereocenters. The third-order valence-electron chi connectivity index (χ3n) is 8.78. The smallest absolute Gasteiger partial charge is 0.291 e. The molecule has 3 amide bonds. The van der Waals surface area contributed by atoms with Gasteiger partial charge in [0.05, 0.1) is 11.4 Å². The number of nitrogens with one attached hydrogen (secondary N) is 2. The van der Waals surface area contributed by atoms with E-state index in [0.717, 1.165) is 63.4 Å². The minimum Gasteiger partial charge on any atom is -0.456 e. The highest BCUT2D eigenvalue weighted by Crippen LogP contribution is 2.41. The minimum atomic E-state index is -0.324. The van der Waals surface area contributed by atoms with Crippen LogP contribution in [0.4, 0.5) is 17.1 Å². The highest BCUT2D eigenvalue weighted by molar-refractivity contribution is 6.05. The second kappa shape index (κ2) is 12.5. The van der Waals surface area contributed by atoms with Crippen LogP contribution in [-0.2, 0) is 4.79 Å². The van der Waals surface area contributed by atoms with Crippen molar-refractivity contribution in [2.24, 2.45) is 0 Å². The topological polar surface area (TPSA) is 98.1 Å². The van der Waals surface area contributed by atoms with E-state index in [1.807, 2.05) is 23.1 Å². The van der Waals surface area contributed by atoms with Crippen molar-refractivity contribution in [2.75, 3.05) is 60.9 Å². The van der Waals surface area contributed by atoms with Gasteiger partial charge in [0.1, 0.15) is 5.76 Å². The van der Waals surface area contributed by atoms with E-state index < -0.39 is 0 Å². The van der Waals surface area contributed by atoms with E-state index in [-0.39, 0.29) is 23.5 Å². The maximum Gasteiger partial charge on any atom is 0.291 e. The maximum absolute atomic E-state index is 13.3. The molecule has 3 fully saturated rings. The molecule has 0 bridgehead atoms. The SMILES string of the molecule is Cc1cccc(C)c1N1CCN(c2ccc(C(=O)NCCCN3CCCC3=O)cc2NC(=O)c2ccc(C3CC3)o2)CC1. The van der Waals surface area contributed by atoms with Crippen LogP contribution in [0.3, 0.4) is 0 Å². The number of amides is 3. The summed E-state index contributed by atoms with van der Waals surface area (Å²) >= 11 is 0. The number of carbonyl (C=O) groups is 3. The van der Waals surface area contributed by atoms with E-state index in [1.165, 1.54) is 16.8 Å². The van der Waals surface area contributed by atoms with Crippen molar-refractivity contribution in [2.45, 2.75) is 51.9 Å². The molecule has 1 aromatic heterocycles. The van der Waals surface area contributed by atoms with Gasteiger partial charge in [-0.05, 0) is 81.0 Å². The quantitative estimate of drug-likeness (QED) is 0.323. The number of aryl methyl sites for hydroxylation is 2. The Bertz CT molecular complexity index is 1480. The lowest BCUT2D eigenvalue weighted by molar-refractivity contribution is -0.127. The number of furan rings is 1. The molecule has 9 heteroatoms. The summed E-state index contributed by atoms with van der Waals surface area (Å²) in [6, 6.07) is 15.5. The first-order chi connectivity index (χ1) is 20.9. The Labute approximate surface area is 253 Å². The Balaban J connectivity index is 1.16. The zero-order valence-electron chi connectivity index (χ0n) is 25.2. The maximum atomic E-state index is 13.3. The third-order valence-corrected chi connectivity index (χ3v) is 8.78. The van der Waals surface area contributed by atoms with E-state index in [9.17, 15) is 14.4 Å². The highest BCUT2D eigenvalue weighted by Gasteiger charge is 2.28. The molecule has 2 N–H and O–H groups in total. The summed E-state index contributed by atoms with van der Waals surface area (Å²) < 4.78 is 5.87. The number of carbonyl (C=O) groups excluding carboxylic acids is 3. The van der Waals surface area contributed by atoms with Crippen LogP contribution in [0.15, 0.2) is 52.9 Å². The Hall–Kier alpha value is -4.27. The van der Waals surface area contributed by atoms with Crippen LogP contribution >= 0.6 is 0 Å². The number of piperazine rings is 1. The summed E-state index contributed by atoms with van der Waals surface area (Å²) in [4.78, 5) is 44.8. The van der Waals surface area contributed by atoms with Crippen LogP contribution in [-0.4, -0.2) is 68.4 Å². The van der Waals surface area contributed by atoms with Crippen LogP contribution in [0.2, 0.25) is 0 Å². The number of para-hydroxylation sites is 1. The van der Waals surface area contributed by atoms with Crippen molar-refractivity contribution in [1.82, 2.24) is 10.2 Å². The van der Waals surface area contributed by atoms with E-state index >= 15 is 0 Å². The largest absolute Gasteiger partial charge is 0.456 e. The van der Waals surface area contributed by atoms with Crippen molar-refractivity contribution < 1.29 is 18.8 Å². The first kappa shape index (κ1) is 28.8. The van der Waals surface area contributed by atoms with Gasteiger partial charge in [0, 0.05) is 69.4 Å². The van der Waals surface area contributed by atoms with Crippen molar-refractivity contribution in [3.63, 3.8) is 0 Å². The number of likely N-dealkylation sites (tertiary alicyclic amines) is 1. The molecule has 0 radical (unpaired) electrons. The van der Waals surface area contributed by atoms with Gasteiger partial charge in [-0.15, -0.1) is 0 Å². The van der Waals surface area contributed by atoms with Crippen molar-refractivity contribution >= 4 is 34.8 Å². The van der Waals surface area contributed by atoms with E-state index in [0.29, 0.717) is 43.1 Å². The molecule has 2 aliphatic heterocycles. The third kappa shape index (κ3) is 6.55. The average molecular weight is 584 g/mol. The fraction of sp³-hybridized carbons (Fsp3) is 0.441. The van der Waals surface area contributed by atoms with Gasteiger partial charge in [-0.25, -0.2) is 0 Å².